The Balaban J connectivity index is 1.30. The fourth-order valence-corrected chi connectivity index (χ4v) is 4.30. The van der Waals surface area contributed by atoms with Gasteiger partial charge in [-0.25, -0.2) is 9.37 Å². The molecule has 8 heteroatoms. The van der Waals surface area contributed by atoms with Crippen LogP contribution in [0.3, 0.4) is 0 Å². The quantitative estimate of drug-likeness (QED) is 0.668. The Bertz CT molecular complexity index is 984. The van der Waals surface area contributed by atoms with Gasteiger partial charge in [0, 0.05) is 31.9 Å². The maximum Gasteiger partial charge on any atom is 0.240 e. The number of hydrogen-bond donors (Lipinski definition) is 1. The second kappa shape index (κ2) is 8.75. The van der Waals surface area contributed by atoms with Crippen LogP contribution in [0, 0.1) is 5.82 Å². The van der Waals surface area contributed by atoms with Crippen LogP contribution in [0.5, 0.6) is 5.75 Å². The van der Waals surface area contributed by atoms with E-state index in [1.807, 2.05) is 25.1 Å². The first-order valence-corrected chi connectivity index (χ1v) is 10.5. The number of nitrogens with zero attached hydrogens (tertiary/aromatic N) is 3. The molecule has 6 nitrogen and oxygen atoms in total. The van der Waals surface area contributed by atoms with Crippen molar-refractivity contribution in [1.82, 2.24) is 9.88 Å². The first kappa shape index (κ1) is 19.6. The van der Waals surface area contributed by atoms with E-state index in [0.717, 1.165) is 47.8 Å². The summed E-state index contributed by atoms with van der Waals surface area (Å²) in [6.07, 6.45) is 0. The van der Waals surface area contributed by atoms with Gasteiger partial charge in [0.2, 0.25) is 5.91 Å². The molecule has 0 aliphatic carbocycles. The molecule has 0 unspecified atom stereocenters. The highest BCUT2D eigenvalue weighted by Gasteiger charge is 2.20. The monoisotopic (exact) mass is 414 g/mol. The number of carbonyl (C=O) groups is 1. The number of thiazole rings is 1. The van der Waals surface area contributed by atoms with Gasteiger partial charge in [-0.2, -0.15) is 0 Å². The molecule has 2 aromatic carbocycles. The molecule has 152 valence electrons. The van der Waals surface area contributed by atoms with Crippen molar-refractivity contribution in [1.29, 1.82) is 0 Å². The van der Waals surface area contributed by atoms with Crippen LogP contribution in [-0.2, 0) is 4.79 Å². The number of hydrogen-bond acceptors (Lipinski definition) is 6. The molecular weight excluding hydrogens is 391 g/mol. The lowest BCUT2D eigenvalue weighted by Crippen LogP contribution is -2.48. The maximum absolute atomic E-state index is 13.1. The van der Waals surface area contributed by atoms with E-state index in [9.17, 15) is 9.18 Å². The van der Waals surface area contributed by atoms with Crippen molar-refractivity contribution in [3.8, 4) is 5.75 Å². The van der Waals surface area contributed by atoms with E-state index in [-0.39, 0.29) is 11.7 Å². The molecule has 0 radical (unpaired) electrons. The van der Waals surface area contributed by atoms with Crippen LogP contribution < -0.4 is 15.0 Å². The lowest BCUT2D eigenvalue weighted by Gasteiger charge is -2.35. The van der Waals surface area contributed by atoms with Crippen molar-refractivity contribution in [3.05, 3.63) is 48.3 Å². The zero-order chi connectivity index (χ0) is 20.2. The van der Waals surface area contributed by atoms with Crippen LogP contribution in [-0.4, -0.2) is 55.1 Å². The number of benzene rings is 2. The number of ether oxygens (including phenoxy) is 1. The average molecular weight is 415 g/mol. The second-order valence-corrected chi connectivity index (χ2v) is 7.90. The van der Waals surface area contributed by atoms with E-state index in [2.05, 4.69) is 20.1 Å². The Kier molecular flexibility index (Phi) is 5.92. The van der Waals surface area contributed by atoms with Crippen molar-refractivity contribution in [2.45, 2.75) is 6.92 Å². The largest absolute Gasteiger partial charge is 0.494 e. The van der Waals surface area contributed by atoms with Gasteiger partial charge >= 0.3 is 0 Å². The number of piperazine rings is 1. The number of halogens is 1. The van der Waals surface area contributed by atoms with Crippen molar-refractivity contribution in [3.63, 3.8) is 0 Å². The second-order valence-electron chi connectivity index (χ2n) is 6.87. The van der Waals surface area contributed by atoms with Crippen LogP contribution in [0.25, 0.3) is 10.2 Å². The standard InChI is InChI=1S/C21H23FN4O2S/c1-2-28-17-7-8-18-19(13-17)29-21(23-18)24-20(27)14-25-9-11-26(12-10-25)16-5-3-15(22)4-6-16/h3-8,13H,2,9-12,14H2,1H3,(H,23,24,27). The molecule has 0 spiro atoms. The van der Waals surface area contributed by atoms with Crippen molar-refractivity contribution in [2.75, 3.05) is 49.5 Å². The van der Waals surface area contributed by atoms with Gasteiger partial charge in [0.05, 0.1) is 23.4 Å². The Morgan fingerprint density at radius 1 is 1.17 bits per heavy atom. The number of carbonyl (C=O) groups excluding carboxylic acids is 1. The Morgan fingerprint density at radius 2 is 1.93 bits per heavy atom. The molecule has 0 saturated carbocycles. The summed E-state index contributed by atoms with van der Waals surface area (Å²) in [6.45, 7) is 6.06. The number of fused-ring (bicyclic) bond motifs is 1. The number of aromatic nitrogens is 1. The third-order valence-corrected chi connectivity index (χ3v) is 5.78. The molecule has 1 amide bonds. The van der Waals surface area contributed by atoms with Crippen molar-refractivity contribution < 1.29 is 13.9 Å². The van der Waals surface area contributed by atoms with Crippen LogP contribution in [0.1, 0.15) is 6.92 Å². The summed E-state index contributed by atoms with van der Waals surface area (Å²) >= 11 is 1.45. The summed E-state index contributed by atoms with van der Waals surface area (Å²) < 4.78 is 19.6. The van der Waals surface area contributed by atoms with Crippen LogP contribution in [0.4, 0.5) is 15.2 Å². The van der Waals surface area contributed by atoms with E-state index < -0.39 is 0 Å². The molecule has 0 atom stereocenters. The van der Waals surface area contributed by atoms with Crippen molar-refractivity contribution in [2.24, 2.45) is 0 Å². The normalized spacial score (nSPS) is 14.9. The van der Waals surface area contributed by atoms with Crippen LogP contribution >= 0.6 is 11.3 Å². The van der Waals surface area contributed by atoms with Gasteiger partial charge in [-0.05, 0) is 49.4 Å². The predicted octanol–water partition coefficient (Wildman–Crippen LogP) is 3.59. The summed E-state index contributed by atoms with van der Waals surface area (Å²) in [4.78, 5) is 21.3. The van der Waals surface area contributed by atoms with E-state index in [1.165, 1.54) is 23.5 Å². The van der Waals surface area contributed by atoms with E-state index in [1.54, 1.807) is 12.1 Å². The molecule has 1 fully saturated rings. The molecule has 2 heterocycles. The Hall–Kier alpha value is -2.71. The van der Waals surface area contributed by atoms with E-state index in [0.29, 0.717) is 18.3 Å². The third-order valence-electron chi connectivity index (χ3n) is 4.85. The first-order valence-electron chi connectivity index (χ1n) is 9.67. The average Bonchev–Trinajstić information content (AvgIpc) is 3.11. The zero-order valence-electron chi connectivity index (χ0n) is 16.2. The van der Waals surface area contributed by atoms with Gasteiger partial charge in [0.1, 0.15) is 11.6 Å². The number of rotatable bonds is 6. The molecule has 1 N–H and O–H groups in total. The molecule has 1 aliphatic rings. The molecule has 1 saturated heterocycles. The van der Waals surface area contributed by atoms with Crippen molar-refractivity contribution >= 4 is 38.3 Å². The number of nitrogens with one attached hydrogen (secondary N) is 1. The van der Waals surface area contributed by atoms with E-state index in [4.69, 9.17) is 4.74 Å². The van der Waals surface area contributed by atoms with Gasteiger partial charge < -0.3 is 15.0 Å². The topological polar surface area (TPSA) is 57.7 Å². The van der Waals surface area contributed by atoms with Gasteiger partial charge in [-0.3, -0.25) is 9.69 Å². The molecule has 3 aromatic rings. The smallest absolute Gasteiger partial charge is 0.240 e. The lowest BCUT2D eigenvalue weighted by atomic mass is 10.2. The summed E-state index contributed by atoms with van der Waals surface area (Å²) in [6, 6.07) is 12.3. The highest BCUT2D eigenvalue weighted by atomic mass is 32.1. The lowest BCUT2D eigenvalue weighted by molar-refractivity contribution is -0.117. The third kappa shape index (κ3) is 4.83. The first-order chi connectivity index (χ1) is 14.1. The maximum atomic E-state index is 13.1. The molecule has 0 bridgehead atoms. The summed E-state index contributed by atoms with van der Waals surface area (Å²) in [5.74, 6) is 0.512. The predicted molar refractivity (Wildman–Crippen MR) is 114 cm³/mol. The van der Waals surface area contributed by atoms with Crippen LogP contribution in [0.15, 0.2) is 42.5 Å². The molecular formula is C21H23FN4O2S. The molecule has 1 aromatic heterocycles. The molecule has 4 rings (SSSR count). The molecule has 29 heavy (non-hydrogen) atoms. The summed E-state index contributed by atoms with van der Waals surface area (Å²) in [7, 11) is 0. The van der Waals surface area contributed by atoms with Gasteiger partial charge in [-0.1, -0.05) is 11.3 Å². The fourth-order valence-electron chi connectivity index (χ4n) is 3.39. The zero-order valence-corrected chi connectivity index (χ0v) is 17.0. The molecule has 1 aliphatic heterocycles. The summed E-state index contributed by atoms with van der Waals surface area (Å²) in [5.41, 5.74) is 1.86. The number of anilines is 2. The highest BCUT2D eigenvalue weighted by molar-refractivity contribution is 7.22. The Labute approximate surface area is 172 Å². The van der Waals surface area contributed by atoms with Gasteiger partial charge in [-0.15, -0.1) is 0 Å². The van der Waals surface area contributed by atoms with Gasteiger partial charge in [0.15, 0.2) is 5.13 Å². The highest BCUT2D eigenvalue weighted by Crippen LogP contribution is 2.29. The SMILES string of the molecule is CCOc1ccc2nc(NC(=O)CN3CCN(c4ccc(F)cc4)CC3)sc2c1. The Morgan fingerprint density at radius 3 is 2.66 bits per heavy atom. The van der Waals surface area contributed by atoms with Crippen LogP contribution in [0.2, 0.25) is 0 Å². The summed E-state index contributed by atoms with van der Waals surface area (Å²) in [5, 5.41) is 3.51. The minimum atomic E-state index is -0.229. The minimum Gasteiger partial charge on any atom is -0.494 e. The number of amides is 1. The minimum absolute atomic E-state index is 0.0654. The fraction of sp³-hybridized carbons (Fsp3) is 0.333. The van der Waals surface area contributed by atoms with Gasteiger partial charge in [0.25, 0.3) is 0 Å². The van der Waals surface area contributed by atoms with E-state index >= 15 is 0 Å².